The van der Waals surface area contributed by atoms with Crippen LogP contribution < -0.4 is 5.56 Å². The van der Waals surface area contributed by atoms with Gasteiger partial charge >= 0.3 is 0 Å². The Labute approximate surface area is 160 Å². The lowest BCUT2D eigenvalue weighted by Gasteiger charge is -2.15. The van der Waals surface area contributed by atoms with Crippen molar-refractivity contribution in [3.05, 3.63) is 33.6 Å². The van der Waals surface area contributed by atoms with Crippen LogP contribution in [-0.4, -0.2) is 26.8 Å². The molecular formula is C18H19ClN4O2S. The molecule has 0 radical (unpaired) electrons. The summed E-state index contributed by atoms with van der Waals surface area (Å²) in [6.45, 7) is 5.87. The highest BCUT2D eigenvalue weighted by molar-refractivity contribution is 7.99. The van der Waals surface area contributed by atoms with Gasteiger partial charge in [-0.15, -0.1) is 0 Å². The quantitative estimate of drug-likeness (QED) is 0.442. The predicted molar refractivity (Wildman–Crippen MR) is 104 cm³/mol. The van der Waals surface area contributed by atoms with Crippen LogP contribution in [0.15, 0.2) is 28.2 Å². The summed E-state index contributed by atoms with van der Waals surface area (Å²) in [6, 6.07) is 6.75. The van der Waals surface area contributed by atoms with Gasteiger partial charge in [0.2, 0.25) is 0 Å². The number of aromatic nitrogens is 2. The molecule has 0 aliphatic heterocycles. The Morgan fingerprint density at radius 3 is 2.73 bits per heavy atom. The number of nitrogens with zero attached hydrogens (tertiary/aromatic N) is 3. The van der Waals surface area contributed by atoms with E-state index in [4.69, 9.17) is 22.3 Å². The highest BCUT2D eigenvalue weighted by Crippen LogP contribution is 2.22. The number of nitriles is 1. The van der Waals surface area contributed by atoms with Gasteiger partial charge < -0.3 is 5.41 Å². The van der Waals surface area contributed by atoms with Crippen molar-refractivity contribution in [2.75, 3.05) is 5.75 Å². The van der Waals surface area contributed by atoms with Crippen LogP contribution in [-0.2, 0) is 11.3 Å². The standard InChI is InChI=1S/C18H19ClN4O2S/c1-10(2)8-23-17(25)13-5-4-12(19)6-15(13)22-18(23)26-9-16(24)14(7-20)11(3)21/h4-6,10,14,21H,8-9H2,1-3H3/t14-/m0/s1. The van der Waals surface area contributed by atoms with Gasteiger partial charge in [0, 0.05) is 17.3 Å². The predicted octanol–water partition coefficient (Wildman–Crippen LogP) is 3.55. The number of Topliss-reactive ketones (excluding diaryl/α,β-unsaturated/α-hetero) is 1. The zero-order valence-corrected chi connectivity index (χ0v) is 16.3. The molecule has 1 atom stereocenters. The summed E-state index contributed by atoms with van der Waals surface area (Å²) in [6.07, 6.45) is 0. The third-order valence-corrected chi connectivity index (χ3v) is 4.89. The molecule has 0 amide bonds. The number of halogens is 1. The fourth-order valence-corrected chi connectivity index (χ4v) is 3.52. The van der Waals surface area contributed by atoms with Crippen LogP contribution in [0.3, 0.4) is 0 Å². The van der Waals surface area contributed by atoms with Gasteiger partial charge in [-0.3, -0.25) is 14.2 Å². The first-order chi connectivity index (χ1) is 12.2. The van der Waals surface area contributed by atoms with E-state index in [0.717, 1.165) is 11.8 Å². The first-order valence-corrected chi connectivity index (χ1v) is 9.41. The Kier molecular flexibility index (Phi) is 6.57. The zero-order chi connectivity index (χ0) is 19.4. The maximum absolute atomic E-state index is 12.8. The number of benzene rings is 1. The molecule has 2 rings (SSSR count). The Bertz CT molecular complexity index is 962. The van der Waals surface area contributed by atoms with E-state index >= 15 is 0 Å². The van der Waals surface area contributed by atoms with Gasteiger partial charge in [0.15, 0.2) is 10.9 Å². The minimum atomic E-state index is -1.07. The summed E-state index contributed by atoms with van der Waals surface area (Å²) in [4.78, 5) is 29.5. The average molecular weight is 391 g/mol. The largest absolute Gasteiger partial charge is 0.308 e. The van der Waals surface area contributed by atoms with Gasteiger partial charge in [-0.2, -0.15) is 5.26 Å². The van der Waals surface area contributed by atoms with E-state index in [0.29, 0.717) is 27.6 Å². The van der Waals surface area contributed by atoms with Crippen LogP contribution in [0.4, 0.5) is 0 Å². The summed E-state index contributed by atoms with van der Waals surface area (Å²) in [7, 11) is 0. The lowest BCUT2D eigenvalue weighted by atomic mass is 10.0. The number of hydrogen-bond donors (Lipinski definition) is 1. The third-order valence-electron chi connectivity index (χ3n) is 3.66. The molecule has 2 aromatic rings. The number of carbonyl (C=O) groups is 1. The molecule has 8 heteroatoms. The van der Waals surface area contributed by atoms with Crippen molar-refractivity contribution in [2.24, 2.45) is 11.8 Å². The maximum atomic E-state index is 12.8. The van der Waals surface area contributed by atoms with Crippen LogP contribution in [0.1, 0.15) is 20.8 Å². The van der Waals surface area contributed by atoms with Gasteiger partial charge in [-0.1, -0.05) is 37.2 Å². The van der Waals surface area contributed by atoms with Gasteiger partial charge in [0.1, 0.15) is 5.92 Å². The Morgan fingerprint density at radius 2 is 2.15 bits per heavy atom. The molecule has 0 spiro atoms. The molecule has 1 aromatic heterocycles. The minimum absolute atomic E-state index is 0.0101. The maximum Gasteiger partial charge on any atom is 0.262 e. The van der Waals surface area contributed by atoms with Crippen LogP contribution in [0.2, 0.25) is 5.02 Å². The number of rotatable bonds is 7. The molecule has 0 unspecified atom stereocenters. The van der Waals surface area contributed by atoms with E-state index in [9.17, 15) is 9.59 Å². The van der Waals surface area contributed by atoms with Crippen molar-refractivity contribution in [1.29, 1.82) is 10.7 Å². The van der Waals surface area contributed by atoms with Crippen molar-refractivity contribution in [3.63, 3.8) is 0 Å². The van der Waals surface area contributed by atoms with Gasteiger partial charge in [0.25, 0.3) is 5.56 Å². The summed E-state index contributed by atoms with van der Waals surface area (Å²) >= 11 is 7.11. The number of thioether (sulfide) groups is 1. The van der Waals surface area contributed by atoms with Crippen molar-refractivity contribution >= 4 is 45.8 Å². The highest BCUT2D eigenvalue weighted by Gasteiger charge is 2.21. The zero-order valence-electron chi connectivity index (χ0n) is 14.7. The van der Waals surface area contributed by atoms with E-state index in [1.54, 1.807) is 22.8 Å². The Morgan fingerprint density at radius 1 is 1.46 bits per heavy atom. The molecule has 136 valence electrons. The summed E-state index contributed by atoms with van der Waals surface area (Å²) < 4.78 is 1.55. The third kappa shape index (κ3) is 4.51. The summed E-state index contributed by atoms with van der Waals surface area (Å²) in [5.74, 6) is -1.26. The molecular weight excluding hydrogens is 372 g/mol. The fraction of sp³-hybridized carbons (Fsp3) is 0.389. The van der Waals surface area contributed by atoms with Crippen LogP contribution in [0.5, 0.6) is 0 Å². The smallest absolute Gasteiger partial charge is 0.262 e. The molecule has 1 aromatic carbocycles. The molecule has 0 saturated heterocycles. The molecule has 6 nitrogen and oxygen atoms in total. The van der Waals surface area contributed by atoms with Gasteiger partial charge in [0.05, 0.1) is 22.7 Å². The fourth-order valence-electron chi connectivity index (χ4n) is 2.44. The van der Waals surface area contributed by atoms with Crippen molar-refractivity contribution < 1.29 is 4.79 Å². The van der Waals surface area contributed by atoms with Crippen LogP contribution in [0.25, 0.3) is 10.9 Å². The molecule has 26 heavy (non-hydrogen) atoms. The molecule has 0 bridgehead atoms. The highest BCUT2D eigenvalue weighted by atomic mass is 35.5. The second-order valence-corrected chi connectivity index (χ2v) is 7.74. The minimum Gasteiger partial charge on any atom is -0.308 e. The second kappa shape index (κ2) is 8.47. The Hall–Kier alpha value is -2.17. The van der Waals surface area contributed by atoms with Gasteiger partial charge in [-0.05, 0) is 31.0 Å². The summed E-state index contributed by atoms with van der Waals surface area (Å²) in [5.41, 5.74) is 0.295. The molecule has 0 aliphatic carbocycles. The van der Waals surface area contributed by atoms with Crippen LogP contribution >= 0.6 is 23.4 Å². The number of ketones is 1. The molecule has 1 heterocycles. The van der Waals surface area contributed by atoms with E-state index in [1.165, 1.54) is 6.92 Å². The topological polar surface area (TPSA) is 99.6 Å². The van der Waals surface area contributed by atoms with Crippen molar-refractivity contribution in [2.45, 2.75) is 32.5 Å². The second-order valence-electron chi connectivity index (χ2n) is 6.37. The van der Waals surface area contributed by atoms with Crippen molar-refractivity contribution in [3.8, 4) is 6.07 Å². The van der Waals surface area contributed by atoms with E-state index in [-0.39, 0.29) is 28.7 Å². The number of fused-ring (bicyclic) bond motifs is 1. The molecule has 1 N–H and O–H groups in total. The number of hydrogen-bond acceptors (Lipinski definition) is 6. The molecule has 0 aliphatic rings. The van der Waals surface area contributed by atoms with Crippen molar-refractivity contribution in [1.82, 2.24) is 9.55 Å². The summed E-state index contributed by atoms with van der Waals surface area (Å²) in [5, 5.41) is 17.9. The first-order valence-electron chi connectivity index (χ1n) is 8.04. The van der Waals surface area contributed by atoms with Gasteiger partial charge in [-0.25, -0.2) is 4.98 Å². The van der Waals surface area contributed by atoms with E-state index in [1.807, 2.05) is 19.9 Å². The monoisotopic (exact) mass is 390 g/mol. The number of nitrogens with one attached hydrogen (secondary N) is 1. The molecule has 0 fully saturated rings. The first kappa shape index (κ1) is 20.1. The normalized spacial score (nSPS) is 12.2. The Balaban J connectivity index is 2.44. The lowest BCUT2D eigenvalue weighted by Crippen LogP contribution is -2.26. The number of carbonyl (C=O) groups excluding carboxylic acids is 1. The van der Waals surface area contributed by atoms with E-state index in [2.05, 4.69) is 4.98 Å². The SMILES string of the molecule is CC(=N)[C@H](C#N)C(=O)CSc1nc2cc(Cl)ccc2c(=O)n1CC(C)C. The molecule has 0 saturated carbocycles. The van der Waals surface area contributed by atoms with Crippen LogP contribution in [0, 0.1) is 28.6 Å². The van der Waals surface area contributed by atoms with E-state index < -0.39 is 5.92 Å². The average Bonchev–Trinajstić information content (AvgIpc) is 2.55. The lowest BCUT2D eigenvalue weighted by molar-refractivity contribution is -0.117.